The van der Waals surface area contributed by atoms with Gasteiger partial charge in [0.2, 0.25) is 6.20 Å². The molecule has 0 unspecified atom stereocenters. The maximum Gasteiger partial charge on any atom is 0.334 e. The molecule has 0 atom stereocenters. The molecule has 0 aliphatic carbocycles. The molecule has 3 heteroatoms. The standard InChI is InChI=1S/C5H9N2O/c6-1-2-7-3-4-8-5-7/h3-5H,1-2,6H2/q+1. The van der Waals surface area contributed by atoms with Gasteiger partial charge in [0.05, 0.1) is 6.54 Å². The lowest BCUT2D eigenvalue weighted by Gasteiger charge is -1.80. The van der Waals surface area contributed by atoms with Crippen LogP contribution in [0.15, 0.2) is 23.3 Å². The van der Waals surface area contributed by atoms with Crippen molar-refractivity contribution in [3.05, 3.63) is 18.9 Å². The maximum atomic E-state index is 5.26. The van der Waals surface area contributed by atoms with Gasteiger partial charge in [-0.15, -0.1) is 0 Å². The number of hydrogen-bond donors (Lipinski definition) is 1. The van der Waals surface area contributed by atoms with Crippen LogP contribution in [0.5, 0.6) is 0 Å². The molecule has 0 bridgehead atoms. The maximum absolute atomic E-state index is 5.26. The lowest BCUT2D eigenvalue weighted by Crippen LogP contribution is -2.34. The minimum Gasteiger partial charge on any atom is -0.412 e. The molecule has 0 fully saturated rings. The quantitative estimate of drug-likeness (QED) is 0.527. The van der Waals surface area contributed by atoms with E-state index in [2.05, 4.69) is 0 Å². The summed E-state index contributed by atoms with van der Waals surface area (Å²) >= 11 is 0. The molecule has 1 aromatic heterocycles. The fourth-order valence-corrected chi connectivity index (χ4v) is 0.538. The summed E-state index contributed by atoms with van der Waals surface area (Å²) in [6.45, 7) is 1.49. The van der Waals surface area contributed by atoms with Crippen molar-refractivity contribution in [3.8, 4) is 0 Å². The van der Waals surface area contributed by atoms with Crippen LogP contribution in [-0.2, 0) is 6.54 Å². The molecular weight excluding hydrogens is 104 g/mol. The number of rotatable bonds is 2. The first kappa shape index (κ1) is 5.31. The summed E-state index contributed by atoms with van der Waals surface area (Å²) in [4.78, 5) is 0. The van der Waals surface area contributed by atoms with Crippen LogP contribution in [0, 0.1) is 0 Å². The zero-order chi connectivity index (χ0) is 5.82. The zero-order valence-electron chi connectivity index (χ0n) is 4.58. The molecule has 0 aliphatic rings. The molecule has 0 saturated carbocycles. The Labute approximate surface area is 47.7 Å². The molecule has 0 amide bonds. The van der Waals surface area contributed by atoms with E-state index in [0.717, 1.165) is 6.54 Å². The Balaban J connectivity index is 2.50. The Morgan fingerprint density at radius 1 is 1.62 bits per heavy atom. The number of hydrogen-bond acceptors (Lipinski definition) is 2. The first-order valence-corrected chi connectivity index (χ1v) is 2.55. The van der Waals surface area contributed by atoms with E-state index in [1.54, 1.807) is 12.7 Å². The van der Waals surface area contributed by atoms with Gasteiger partial charge in [-0.1, -0.05) is 0 Å². The predicted molar refractivity (Wildman–Crippen MR) is 28.0 cm³/mol. The second kappa shape index (κ2) is 2.47. The molecule has 0 radical (unpaired) electrons. The van der Waals surface area contributed by atoms with E-state index in [9.17, 15) is 0 Å². The zero-order valence-corrected chi connectivity index (χ0v) is 4.58. The number of nitrogens with two attached hydrogens (primary N) is 1. The van der Waals surface area contributed by atoms with Crippen LogP contribution in [0.3, 0.4) is 0 Å². The lowest BCUT2D eigenvalue weighted by molar-refractivity contribution is -0.697. The summed E-state index contributed by atoms with van der Waals surface area (Å²) < 4.78 is 6.66. The number of nitrogens with zero attached hydrogens (tertiary/aromatic N) is 1. The van der Waals surface area contributed by atoms with Gasteiger partial charge in [0.25, 0.3) is 0 Å². The Kier molecular flexibility index (Phi) is 1.64. The average Bonchev–Trinajstić information content (AvgIpc) is 2.19. The lowest BCUT2D eigenvalue weighted by atomic mass is 10.6. The van der Waals surface area contributed by atoms with Crippen molar-refractivity contribution < 1.29 is 8.98 Å². The average molecular weight is 113 g/mol. The topological polar surface area (TPSA) is 43.0 Å². The summed E-state index contributed by atoms with van der Waals surface area (Å²) in [7, 11) is 0. The number of aromatic nitrogens is 1. The van der Waals surface area contributed by atoms with Gasteiger partial charge in [0.1, 0.15) is 0 Å². The van der Waals surface area contributed by atoms with Crippen molar-refractivity contribution >= 4 is 0 Å². The molecule has 1 rings (SSSR count). The fourth-order valence-electron chi connectivity index (χ4n) is 0.538. The first-order valence-electron chi connectivity index (χ1n) is 2.55. The van der Waals surface area contributed by atoms with Gasteiger partial charge >= 0.3 is 6.39 Å². The normalized spacial score (nSPS) is 9.62. The SMILES string of the molecule is NCC[n+]1ccoc1. The summed E-state index contributed by atoms with van der Waals surface area (Å²) in [6, 6.07) is 0. The monoisotopic (exact) mass is 113 g/mol. The highest BCUT2D eigenvalue weighted by atomic mass is 16.3. The highest BCUT2D eigenvalue weighted by molar-refractivity contribution is 4.46. The molecule has 0 saturated heterocycles. The number of oxazole rings is 1. The van der Waals surface area contributed by atoms with Crippen LogP contribution in [0.1, 0.15) is 0 Å². The fraction of sp³-hybridized carbons (Fsp3) is 0.400. The van der Waals surface area contributed by atoms with E-state index in [1.807, 2.05) is 10.8 Å². The Morgan fingerprint density at radius 2 is 2.50 bits per heavy atom. The van der Waals surface area contributed by atoms with Crippen LogP contribution in [0.4, 0.5) is 0 Å². The minimum atomic E-state index is 0.657. The predicted octanol–water partition coefficient (Wildman–Crippen LogP) is -0.474. The molecule has 1 heterocycles. The van der Waals surface area contributed by atoms with E-state index in [4.69, 9.17) is 10.2 Å². The van der Waals surface area contributed by atoms with Crippen molar-refractivity contribution in [1.82, 2.24) is 0 Å². The van der Waals surface area contributed by atoms with E-state index in [-0.39, 0.29) is 0 Å². The third-order valence-corrected chi connectivity index (χ3v) is 0.914. The van der Waals surface area contributed by atoms with Gasteiger partial charge in [0.15, 0.2) is 12.8 Å². The Bertz CT molecular complexity index is 136. The second-order valence-electron chi connectivity index (χ2n) is 1.55. The third kappa shape index (κ3) is 1.07. The summed E-state index contributed by atoms with van der Waals surface area (Å²) in [5, 5.41) is 0. The van der Waals surface area contributed by atoms with Crippen molar-refractivity contribution in [1.29, 1.82) is 0 Å². The van der Waals surface area contributed by atoms with Crippen LogP contribution < -0.4 is 10.3 Å². The summed E-state index contributed by atoms with van der Waals surface area (Å²) in [5.74, 6) is 0. The molecule has 0 aromatic carbocycles. The second-order valence-corrected chi connectivity index (χ2v) is 1.55. The van der Waals surface area contributed by atoms with Crippen molar-refractivity contribution in [2.24, 2.45) is 5.73 Å². The largest absolute Gasteiger partial charge is 0.412 e. The molecule has 0 aliphatic heterocycles. The van der Waals surface area contributed by atoms with E-state index >= 15 is 0 Å². The van der Waals surface area contributed by atoms with Gasteiger partial charge in [-0.25, -0.2) is 0 Å². The summed E-state index contributed by atoms with van der Waals surface area (Å²) in [5.41, 5.74) is 5.26. The van der Waals surface area contributed by atoms with E-state index in [0.29, 0.717) is 6.54 Å². The third-order valence-electron chi connectivity index (χ3n) is 0.914. The van der Waals surface area contributed by atoms with Crippen LogP contribution >= 0.6 is 0 Å². The smallest absolute Gasteiger partial charge is 0.334 e. The van der Waals surface area contributed by atoms with Crippen LogP contribution in [0.25, 0.3) is 0 Å². The molecule has 8 heavy (non-hydrogen) atoms. The summed E-state index contributed by atoms with van der Waals surface area (Å²) in [6.07, 6.45) is 5.09. The minimum absolute atomic E-state index is 0.657. The van der Waals surface area contributed by atoms with Gasteiger partial charge in [-0.05, 0) is 0 Å². The van der Waals surface area contributed by atoms with Gasteiger partial charge in [-0.2, -0.15) is 4.57 Å². The molecular formula is C5H9N2O+. The van der Waals surface area contributed by atoms with Crippen LogP contribution in [-0.4, -0.2) is 6.54 Å². The van der Waals surface area contributed by atoms with Gasteiger partial charge < -0.3 is 10.2 Å². The molecule has 44 valence electrons. The van der Waals surface area contributed by atoms with Gasteiger partial charge in [-0.3, -0.25) is 0 Å². The Hall–Kier alpha value is -0.830. The Morgan fingerprint density at radius 3 is 3.00 bits per heavy atom. The first-order chi connectivity index (χ1) is 3.93. The molecule has 3 nitrogen and oxygen atoms in total. The van der Waals surface area contributed by atoms with E-state index in [1.165, 1.54) is 0 Å². The highest BCUT2D eigenvalue weighted by Crippen LogP contribution is 1.73. The van der Waals surface area contributed by atoms with Crippen molar-refractivity contribution in [3.63, 3.8) is 0 Å². The molecule has 1 aromatic rings. The highest BCUT2D eigenvalue weighted by Gasteiger charge is 1.94. The molecule has 0 spiro atoms. The van der Waals surface area contributed by atoms with Gasteiger partial charge in [0, 0.05) is 0 Å². The van der Waals surface area contributed by atoms with Crippen molar-refractivity contribution in [2.75, 3.05) is 6.54 Å². The molecule has 2 N–H and O–H groups in total. The van der Waals surface area contributed by atoms with Crippen LogP contribution in [0.2, 0.25) is 0 Å². The van der Waals surface area contributed by atoms with E-state index < -0.39 is 0 Å². The van der Waals surface area contributed by atoms with Crippen molar-refractivity contribution in [2.45, 2.75) is 6.54 Å².